The summed E-state index contributed by atoms with van der Waals surface area (Å²) in [5.74, 6) is -1.63. The zero-order chi connectivity index (χ0) is 20.8. The summed E-state index contributed by atoms with van der Waals surface area (Å²) in [6.45, 7) is 4.06. The Morgan fingerprint density at radius 2 is 1.45 bits per heavy atom. The van der Waals surface area contributed by atoms with Gasteiger partial charge in [-0.2, -0.15) is 0 Å². The maximum atomic E-state index is 14.3. The minimum Gasteiger partial charge on any atom is -0.494 e. The molecular formula is C25H21F3O. The van der Waals surface area contributed by atoms with E-state index in [1.54, 1.807) is 55.5 Å². The molecule has 0 aliphatic heterocycles. The smallest absolute Gasteiger partial charge is 0.166 e. The lowest BCUT2D eigenvalue weighted by Crippen LogP contribution is -1.93. The Labute approximate surface area is 168 Å². The minimum atomic E-state index is -0.884. The van der Waals surface area contributed by atoms with Crippen LogP contribution in [0, 0.1) is 17.5 Å². The SMILES string of the molecule is CC=Cc1ccc(C=Cc2ccc(-c3ccc(OCC)cc3F)cc2)c(F)c1F. The Balaban J connectivity index is 1.80. The molecule has 0 radical (unpaired) electrons. The first-order valence-electron chi connectivity index (χ1n) is 9.35. The van der Waals surface area contributed by atoms with Gasteiger partial charge in [-0.05, 0) is 37.1 Å². The van der Waals surface area contributed by atoms with Gasteiger partial charge in [-0.25, -0.2) is 13.2 Å². The van der Waals surface area contributed by atoms with Gasteiger partial charge < -0.3 is 4.74 Å². The Kier molecular flexibility index (Phi) is 6.55. The van der Waals surface area contributed by atoms with E-state index < -0.39 is 11.6 Å². The fourth-order valence-corrected chi connectivity index (χ4v) is 2.96. The van der Waals surface area contributed by atoms with Crippen LogP contribution in [0.4, 0.5) is 13.2 Å². The standard InChI is InChI=1S/C25H21F3O/c1-3-5-19-12-13-20(25(28)24(19)27)11-8-17-6-9-18(10-7-17)22-15-14-21(29-4-2)16-23(22)26/h3,5-16H,4H2,1-2H3. The highest BCUT2D eigenvalue weighted by atomic mass is 19.2. The number of halogens is 3. The lowest BCUT2D eigenvalue weighted by Gasteiger charge is -2.07. The lowest BCUT2D eigenvalue weighted by molar-refractivity contribution is 0.338. The topological polar surface area (TPSA) is 9.23 Å². The molecule has 148 valence electrons. The van der Waals surface area contributed by atoms with Crippen LogP contribution in [0.1, 0.15) is 30.5 Å². The molecule has 0 heterocycles. The van der Waals surface area contributed by atoms with Gasteiger partial charge >= 0.3 is 0 Å². The summed E-state index contributed by atoms with van der Waals surface area (Å²) in [4.78, 5) is 0. The van der Waals surface area contributed by atoms with Gasteiger partial charge in [0.2, 0.25) is 0 Å². The summed E-state index contributed by atoms with van der Waals surface area (Å²) < 4.78 is 47.8. The van der Waals surface area contributed by atoms with Crippen molar-refractivity contribution in [2.24, 2.45) is 0 Å². The summed E-state index contributed by atoms with van der Waals surface area (Å²) in [7, 11) is 0. The summed E-state index contributed by atoms with van der Waals surface area (Å²) >= 11 is 0. The highest BCUT2D eigenvalue weighted by Gasteiger charge is 2.10. The number of benzene rings is 3. The van der Waals surface area contributed by atoms with Gasteiger partial charge in [0, 0.05) is 22.8 Å². The fourth-order valence-electron chi connectivity index (χ4n) is 2.96. The van der Waals surface area contributed by atoms with Crippen molar-refractivity contribution in [2.75, 3.05) is 6.61 Å². The molecule has 3 aromatic rings. The first kappa shape index (κ1) is 20.5. The third-order valence-electron chi connectivity index (χ3n) is 4.42. The van der Waals surface area contributed by atoms with Gasteiger partial charge in [0.05, 0.1) is 6.61 Å². The van der Waals surface area contributed by atoms with Crippen LogP contribution in [0.5, 0.6) is 5.75 Å². The second-order valence-electron chi connectivity index (χ2n) is 6.40. The Bertz CT molecular complexity index is 1050. The molecule has 1 nitrogen and oxygen atoms in total. The van der Waals surface area contributed by atoms with Crippen LogP contribution in [0.3, 0.4) is 0 Å². The van der Waals surface area contributed by atoms with Gasteiger partial charge in [-0.3, -0.25) is 0 Å². The van der Waals surface area contributed by atoms with E-state index in [1.807, 2.05) is 6.92 Å². The third kappa shape index (κ3) is 4.77. The van der Waals surface area contributed by atoms with Gasteiger partial charge in [0.15, 0.2) is 11.6 Å². The molecule has 0 N–H and O–H groups in total. The first-order chi connectivity index (χ1) is 14.0. The molecule has 0 bridgehead atoms. The van der Waals surface area contributed by atoms with Crippen LogP contribution in [0.25, 0.3) is 29.4 Å². The molecule has 0 aromatic heterocycles. The van der Waals surface area contributed by atoms with Crippen LogP contribution in [-0.2, 0) is 0 Å². The monoisotopic (exact) mass is 394 g/mol. The van der Waals surface area contributed by atoms with Crippen molar-refractivity contribution in [3.8, 4) is 16.9 Å². The van der Waals surface area contributed by atoms with Crippen molar-refractivity contribution in [3.63, 3.8) is 0 Å². The zero-order valence-electron chi connectivity index (χ0n) is 16.3. The Morgan fingerprint density at radius 1 is 0.793 bits per heavy atom. The highest BCUT2D eigenvalue weighted by Crippen LogP contribution is 2.27. The van der Waals surface area contributed by atoms with Crippen LogP contribution in [0.15, 0.2) is 60.7 Å². The average Bonchev–Trinajstić information content (AvgIpc) is 2.72. The summed E-state index contributed by atoms with van der Waals surface area (Å²) in [5.41, 5.74) is 2.35. The zero-order valence-corrected chi connectivity index (χ0v) is 16.3. The van der Waals surface area contributed by atoms with E-state index in [9.17, 15) is 13.2 Å². The Morgan fingerprint density at radius 3 is 2.03 bits per heavy atom. The maximum absolute atomic E-state index is 14.3. The molecule has 4 heteroatoms. The fraction of sp³-hybridized carbons (Fsp3) is 0.120. The van der Waals surface area contributed by atoms with Crippen LogP contribution < -0.4 is 4.74 Å². The molecule has 0 aliphatic rings. The first-order valence-corrected chi connectivity index (χ1v) is 9.35. The highest BCUT2D eigenvalue weighted by molar-refractivity contribution is 5.73. The summed E-state index contributed by atoms with van der Waals surface area (Å²) in [6.07, 6.45) is 6.38. The predicted molar refractivity (Wildman–Crippen MR) is 113 cm³/mol. The van der Waals surface area contributed by atoms with Crippen molar-refractivity contribution in [1.29, 1.82) is 0 Å². The molecule has 0 fully saturated rings. The van der Waals surface area contributed by atoms with Crippen LogP contribution in [0.2, 0.25) is 0 Å². The van der Waals surface area contributed by atoms with Crippen LogP contribution in [-0.4, -0.2) is 6.61 Å². The van der Waals surface area contributed by atoms with Gasteiger partial charge in [-0.1, -0.05) is 60.7 Å². The van der Waals surface area contributed by atoms with Gasteiger partial charge in [0.1, 0.15) is 11.6 Å². The van der Waals surface area contributed by atoms with E-state index in [0.717, 1.165) is 11.1 Å². The van der Waals surface area contributed by atoms with E-state index in [4.69, 9.17) is 4.74 Å². The van der Waals surface area contributed by atoms with E-state index >= 15 is 0 Å². The molecule has 0 saturated heterocycles. The van der Waals surface area contributed by atoms with Crippen molar-refractivity contribution in [2.45, 2.75) is 13.8 Å². The quantitative estimate of drug-likeness (QED) is 0.397. The van der Waals surface area contributed by atoms with Crippen molar-refractivity contribution < 1.29 is 17.9 Å². The molecule has 0 atom stereocenters. The molecule has 0 amide bonds. The molecule has 0 unspecified atom stereocenters. The molecule has 29 heavy (non-hydrogen) atoms. The normalized spacial score (nSPS) is 11.5. The largest absolute Gasteiger partial charge is 0.494 e. The molecule has 0 saturated carbocycles. The molecule has 0 spiro atoms. The molecular weight excluding hydrogens is 373 g/mol. The maximum Gasteiger partial charge on any atom is 0.166 e. The molecule has 0 aliphatic carbocycles. The summed E-state index contributed by atoms with van der Waals surface area (Å²) in [6, 6.07) is 15.0. The van der Waals surface area contributed by atoms with Gasteiger partial charge in [0.25, 0.3) is 0 Å². The van der Waals surface area contributed by atoms with E-state index in [1.165, 1.54) is 30.4 Å². The van der Waals surface area contributed by atoms with Crippen molar-refractivity contribution in [3.05, 3.63) is 94.8 Å². The van der Waals surface area contributed by atoms with Crippen molar-refractivity contribution in [1.82, 2.24) is 0 Å². The number of allylic oxidation sites excluding steroid dienone is 1. The average molecular weight is 394 g/mol. The lowest BCUT2D eigenvalue weighted by atomic mass is 10.0. The third-order valence-corrected chi connectivity index (χ3v) is 4.42. The van der Waals surface area contributed by atoms with Gasteiger partial charge in [-0.15, -0.1) is 0 Å². The minimum absolute atomic E-state index is 0.164. The van der Waals surface area contributed by atoms with E-state index in [0.29, 0.717) is 17.9 Å². The van der Waals surface area contributed by atoms with E-state index in [2.05, 4.69) is 0 Å². The number of hydrogen-bond acceptors (Lipinski definition) is 1. The second-order valence-corrected chi connectivity index (χ2v) is 6.40. The van der Waals surface area contributed by atoms with Crippen molar-refractivity contribution >= 4 is 18.2 Å². The number of rotatable bonds is 6. The summed E-state index contributed by atoms with van der Waals surface area (Å²) in [5, 5.41) is 0. The Hall–Kier alpha value is -3.27. The molecule has 3 rings (SSSR count). The van der Waals surface area contributed by atoms with E-state index in [-0.39, 0.29) is 16.9 Å². The predicted octanol–water partition coefficient (Wildman–Crippen LogP) is 7.37. The van der Waals surface area contributed by atoms with Crippen LogP contribution >= 0.6 is 0 Å². The molecule has 3 aromatic carbocycles. The number of hydrogen-bond donors (Lipinski definition) is 0. The number of ether oxygens (including phenoxy) is 1. The second kappa shape index (κ2) is 9.28.